The molecule has 0 spiro atoms. The largest absolute Gasteiger partial charge is 0.367 e. The first kappa shape index (κ1) is 6.47. The molecule has 2 nitrogen and oxygen atoms in total. The van der Waals surface area contributed by atoms with Gasteiger partial charge in [-0.3, -0.25) is 4.99 Å². The Morgan fingerprint density at radius 3 is 1.86 bits per heavy atom. The number of rotatable bonds is 0. The topological polar surface area (TPSA) is 15.6 Å². The van der Waals surface area contributed by atoms with Crippen molar-refractivity contribution in [3.63, 3.8) is 0 Å². The maximum Gasteiger partial charge on any atom is 0.0948 e. The molecule has 0 radical (unpaired) electrons. The molecule has 0 rings (SSSR count). The van der Waals surface area contributed by atoms with Gasteiger partial charge in [-0.15, -0.1) is 0 Å². The fourth-order valence-corrected chi connectivity index (χ4v) is 0.200. The lowest BCUT2D eigenvalue weighted by molar-refractivity contribution is 0.617. The summed E-state index contributed by atoms with van der Waals surface area (Å²) in [5.74, 6) is 1.06. The Bertz CT molecular complexity index is 74.1. The van der Waals surface area contributed by atoms with Gasteiger partial charge in [0.05, 0.1) is 5.84 Å². The van der Waals surface area contributed by atoms with Crippen LogP contribution in [0.15, 0.2) is 4.99 Å². The summed E-state index contributed by atoms with van der Waals surface area (Å²) in [4.78, 5) is 5.90. The average Bonchev–Trinajstić information content (AvgIpc) is 1.65. The molecule has 0 aliphatic carbocycles. The molecule has 0 heterocycles. The van der Waals surface area contributed by atoms with Gasteiger partial charge in [0.25, 0.3) is 0 Å². The Labute approximate surface area is 44.9 Å². The van der Waals surface area contributed by atoms with Crippen molar-refractivity contribution < 1.29 is 0 Å². The molecule has 0 bridgehead atoms. The SMILES string of the molecule is C/N=C(\C)N(C)C. The van der Waals surface area contributed by atoms with E-state index >= 15 is 0 Å². The van der Waals surface area contributed by atoms with Crippen LogP contribution in [0.5, 0.6) is 0 Å². The molecule has 0 atom stereocenters. The zero-order chi connectivity index (χ0) is 5.86. The van der Waals surface area contributed by atoms with Gasteiger partial charge in [-0.25, -0.2) is 0 Å². The van der Waals surface area contributed by atoms with E-state index < -0.39 is 0 Å². The monoisotopic (exact) mass is 100 g/mol. The van der Waals surface area contributed by atoms with Crippen LogP contribution in [0.25, 0.3) is 0 Å². The van der Waals surface area contributed by atoms with Crippen molar-refractivity contribution in [3.05, 3.63) is 0 Å². The predicted molar refractivity (Wildman–Crippen MR) is 32.7 cm³/mol. The number of hydrogen-bond acceptors (Lipinski definition) is 1. The molecule has 0 aliphatic rings. The standard InChI is InChI=1S/C5H12N2/c1-5(6-2)7(3)4/h1-4H3/b6-5+. The summed E-state index contributed by atoms with van der Waals surface area (Å²) >= 11 is 0. The minimum Gasteiger partial charge on any atom is -0.367 e. The summed E-state index contributed by atoms with van der Waals surface area (Å²) in [5.41, 5.74) is 0. The van der Waals surface area contributed by atoms with Crippen molar-refractivity contribution in [1.29, 1.82) is 0 Å². The molecular formula is C5H12N2. The van der Waals surface area contributed by atoms with E-state index in [-0.39, 0.29) is 0 Å². The molecular weight excluding hydrogens is 88.1 g/mol. The van der Waals surface area contributed by atoms with Crippen LogP contribution in [0, 0.1) is 0 Å². The van der Waals surface area contributed by atoms with E-state index in [1.165, 1.54) is 0 Å². The smallest absolute Gasteiger partial charge is 0.0948 e. The van der Waals surface area contributed by atoms with Crippen LogP contribution >= 0.6 is 0 Å². The second-order valence-corrected chi connectivity index (χ2v) is 1.67. The minimum absolute atomic E-state index is 1.06. The van der Waals surface area contributed by atoms with Gasteiger partial charge in [-0.1, -0.05) is 0 Å². The van der Waals surface area contributed by atoms with E-state index in [4.69, 9.17) is 0 Å². The minimum atomic E-state index is 1.06. The maximum absolute atomic E-state index is 3.93. The second kappa shape index (κ2) is 2.61. The zero-order valence-electron chi connectivity index (χ0n) is 5.39. The van der Waals surface area contributed by atoms with Crippen LogP contribution in [-0.2, 0) is 0 Å². The third-order valence-electron chi connectivity index (χ3n) is 0.971. The van der Waals surface area contributed by atoms with Crippen molar-refractivity contribution in [2.75, 3.05) is 21.1 Å². The van der Waals surface area contributed by atoms with Gasteiger partial charge in [0.2, 0.25) is 0 Å². The van der Waals surface area contributed by atoms with Gasteiger partial charge in [0, 0.05) is 21.1 Å². The van der Waals surface area contributed by atoms with Crippen LogP contribution < -0.4 is 0 Å². The molecule has 0 aromatic heterocycles. The van der Waals surface area contributed by atoms with Gasteiger partial charge >= 0.3 is 0 Å². The molecule has 0 aromatic carbocycles. The molecule has 0 amide bonds. The van der Waals surface area contributed by atoms with Crippen molar-refractivity contribution in [3.8, 4) is 0 Å². The highest BCUT2D eigenvalue weighted by molar-refractivity contribution is 5.78. The van der Waals surface area contributed by atoms with E-state index in [0.717, 1.165) is 5.84 Å². The van der Waals surface area contributed by atoms with Crippen LogP contribution in [0.2, 0.25) is 0 Å². The summed E-state index contributed by atoms with van der Waals surface area (Å²) in [6.07, 6.45) is 0. The van der Waals surface area contributed by atoms with Crippen LogP contribution in [0.1, 0.15) is 6.92 Å². The lowest BCUT2D eigenvalue weighted by Gasteiger charge is -2.08. The molecule has 0 fully saturated rings. The highest BCUT2D eigenvalue weighted by Gasteiger charge is 1.85. The molecule has 0 saturated carbocycles. The summed E-state index contributed by atoms with van der Waals surface area (Å²) in [6, 6.07) is 0. The van der Waals surface area contributed by atoms with Crippen LogP contribution in [0.4, 0.5) is 0 Å². The predicted octanol–water partition coefficient (Wildman–Crippen LogP) is 0.596. The normalized spacial score (nSPS) is 11.7. The quantitative estimate of drug-likeness (QED) is 0.321. The maximum atomic E-state index is 3.93. The van der Waals surface area contributed by atoms with Gasteiger partial charge < -0.3 is 4.90 Å². The lowest BCUT2D eigenvalue weighted by atomic mass is 10.6. The van der Waals surface area contributed by atoms with E-state index in [1.807, 2.05) is 25.9 Å². The molecule has 0 aromatic rings. The highest BCUT2D eigenvalue weighted by atomic mass is 15.1. The molecule has 0 N–H and O–H groups in total. The van der Waals surface area contributed by atoms with Crippen molar-refractivity contribution in [2.45, 2.75) is 6.92 Å². The van der Waals surface area contributed by atoms with E-state index in [9.17, 15) is 0 Å². The average molecular weight is 100 g/mol. The number of amidine groups is 1. The molecule has 2 heteroatoms. The molecule has 0 unspecified atom stereocenters. The first-order valence-corrected chi connectivity index (χ1v) is 2.29. The van der Waals surface area contributed by atoms with Crippen LogP contribution in [-0.4, -0.2) is 31.9 Å². The van der Waals surface area contributed by atoms with Gasteiger partial charge in [-0.05, 0) is 6.92 Å². The first-order valence-electron chi connectivity index (χ1n) is 2.29. The Balaban J connectivity index is 3.56. The van der Waals surface area contributed by atoms with Crippen molar-refractivity contribution in [2.24, 2.45) is 4.99 Å². The van der Waals surface area contributed by atoms with Crippen molar-refractivity contribution >= 4 is 5.84 Å². The highest BCUT2D eigenvalue weighted by Crippen LogP contribution is 1.76. The number of aliphatic imine (C=N–C) groups is 1. The van der Waals surface area contributed by atoms with Gasteiger partial charge in [0.15, 0.2) is 0 Å². The Morgan fingerprint density at radius 1 is 1.43 bits per heavy atom. The van der Waals surface area contributed by atoms with Crippen molar-refractivity contribution in [1.82, 2.24) is 4.90 Å². The van der Waals surface area contributed by atoms with Crippen LogP contribution in [0.3, 0.4) is 0 Å². The number of hydrogen-bond donors (Lipinski definition) is 0. The summed E-state index contributed by atoms with van der Waals surface area (Å²) in [7, 11) is 5.74. The summed E-state index contributed by atoms with van der Waals surface area (Å²) in [6.45, 7) is 1.97. The Morgan fingerprint density at radius 2 is 1.86 bits per heavy atom. The molecule has 0 saturated heterocycles. The fourth-order valence-electron chi connectivity index (χ4n) is 0.200. The van der Waals surface area contributed by atoms with E-state index in [0.29, 0.717) is 0 Å². The second-order valence-electron chi connectivity index (χ2n) is 1.67. The molecule has 42 valence electrons. The third-order valence-corrected chi connectivity index (χ3v) is 0.971. The van der Waals surface area contributed by atoms with E-state index in [2.05, 4.69) is 4.99 Å². The third kappa shape index (κ3) is 2.20. The van der Waals surface area contributed by atoms with Gasteiger partial charge in [-0.2, -0.15) is 0 Å². The molecule has 7 heavy (non-hydrogen) atoms. The fraction of sp³-hybridized carbons (Fsp3) is 0.800. The summed E-state index contributed by atoms with van der Waals surface area (Å²) in [5, 5.41) is 0. The summed E-state index contributed by atoms with van der Waals surface area (Å²) < 4.78 is 0. The Hall–Kier alpha value is -0.530. The van der Waals surface area contributed by atoms with E-state index in [1.54, 1.807) is 7.05 Å². The molecule has 0 aliphatic heterocycles. The number of nitrogens with zero attached hydrogens (tertiary/aromatic N) is 2. The Kier molecular flexibility index (Phi) is 2.41. The lowest BCUT2D eigenvalue weighted by Crippen LogP contribution is -2.17. The zero-order valence-corrected chi connectivity index (χ0v) is 5.39. The first-order chi connectivity index (χ1) is 3.18. The van der Waals surface area contributed by atoms with Gasteiger partial charge in [0.1, 0.15) is 0 Å².